The third-order valence-corrected chi connectivity index (χ3v) is 7.98. The van der Waals surface area contributed by atoms with Gasteiger partial charge in [-0.3, -0.25) is 4.79 Å². The Hall–Kier alpha value is -1.90. The van der Waals surface area contributed by atoms with Crippen LogP contribution in [0.5, 0.6) is 5.75 Å². The Morgan fingerprint density at radius 3 is 2.48 bits per heavy atom. The van der Waals surface area contributed by atoms with Crippen LogP contribution in [0.1, 0.15) is 29.7 Å². The fourth-order valence-electron chi connectivity index (χ4n) is 3.00. The van der Waals surface area contributed by atoms with Crippen molar-refractivity contribution in [2.24, 2.45) is 0 Å². The largest absolute Gasteiger partial charge is 0.497 e. The molecule has 1 amide bonds. The number of nitrogens with one attached hydrogen (secondary N) is 1. The fourth-order valence-corrected chi connectivity index (χ4v) is 5.97. The number of nitrogens with zero attached hydrogens (tertiary/aromatic N) is 1. The first-order valence-corrected chi connectivity index (χ1v) is 11.2. The highest BCUT2D eigenvalue weighted by atomic mass is 32.2. The SMILES string of the molecule is COc1ccc(CC(=O)NCc2ccc(S(=O)(=O)N3CCCCC3)s2)cc1. The summed E-state index contributed by atoms with van der Waals surface area (Å²) in [5.74, 6) is 0.647. The van der Waals surface area contributed by atoms with E-state index in [-0.39, 0.29) is 12.3 Å². The first-order valence-electron chi connectivity index (χ1n) is 8.97. The number of methoxy groups -OCH3 is 1. The molecule has 2 heterocycles. The minimum Gasteiger partial charge on any atom is -0.497 e. The summed E-state index contributed by atoms with van der Waals surface area (Å²) >= 11 is 1.23. The molecule has 146 valence electrons. The molecule has 1 aromatic heterocycles. The Kier molecular flexibility index (Phi) is 6.51. The molecule has 2 aromatic rings. The van der Waals surface area contributed by atoms with Gasteiger partial charge in [0.2, 0.25) is 5.91 Å². The lowest BCUT2D eigenvalue weighted by atomic mass is 10.1. The van der Waals surface area contributed by atoms with Crippen LogP contribution in [-0.4, -0.2) is 38.8 Å². The summed E-state index contributed by atoms with van der Waals surface area (Å²) in [5.41, 5.74) is 0.896. The highest BCUT2D eigenvalue weighted by molar-refractivity contribution is 7.91. The van der Waals surface area contributed by atoms with Crippen LogP contribution in [0.15, 0.2) is 40.6 Å². The minimum absolute atomic E-state index is 0.103. The molecule has 0 saturated carbocycles. The monoisotopic (exact) mass is 408 g/mol. The maximum atomic E-state index is 12.7. The number of hydrogen-bond donors (Lipinski definition) is 1. The van der Waals surface area contributed by atoms with Crippen molar-refractivity contribution < 1.29 is 17.9 Å². The number of hydrogen-bond acceptors (Lipinski definition) is 5. The van der Waals surface area contributed by atoms with Crippen molar-refractivity contribution in [1.29, 1.82) is 0 Å². The number of ether oxygens (including phenoxy) is 1. The number of carbonyl (C=O) groups excluding carboxylic acids is 1. The van der Waals surface area contributed by atoms with Crippen LogP contribution in [-0.2, 0) is 27.8 Å². The van der Waals surface area contributed by atoms with E-state index in [0.717, 1.165) is 35.5 Å². The van der Waals surface area contributed by atoms with E-state index in [9.17, 15) is 13.2 Å². The second-order valence-corrected chi connectivity index (χ2v) is 9.82. The number of benzene rings is 1. The van der Waals surface area contributed by atoms with Gasteiger partial charge in [-0.1, -0.05) is 18.6 Å². The van der Waals surface area contributed by atoms with Gasteiger partial charge in [-0.25, -0.2) is 8.42 Å². The normalized spacial score (nSPS) is 15.4. The predicted octanol–water partition coefficient (Wildman–Crippen LogP) is 2.79. The number of carbonyl (C=O) groups is 1. The van der Waals surface area contributed by atoms with Crippen molar-refractivity contribution in [2.75, 3.05) is 20.2 Å². The Labute approximate surface area is 164 Å². The summed E-state index contributed by atoms with van der Waals surface area (Å²) in [4.78, 5) is 13.0. The zero-order valence-corrected chi connectivity index (χ0v) is 16.9. The van der Waals surface area contributed by atoms with E-state index < -0.39 is 10.0 Å². The summed E-state index contributed by atoms with van der Waals surface area (Å²) in [6.07, 6.45) is 3.19. The molecule has 1 saturated heterocycles. The molecule has 1 fully saturated rings. The van der Waals surface area contributed by atoms with Crippen LogP contribution in [0.2, 0.25) is 0 Å². The Bertz CT molecular complexity index is 869. The number of amides is 1. The van der Waals surface area contributed by atoms with Crippen LogP contribution < -0.4 is 10.1 Å². The molecule has 6 nitrogen and oxygen atoms in total. The van der Waals surface area contributed by atoms with E-state index in [2.05, 4.69) is 5.32 Å². The van der Waals surface area contributed by atoms with Crippen molar-refractivity contribution in [1.82, 2.24) is 9.62 Å². The van der Waals surface area contributed by atoms with Crippen LogP contribution in [0.3, 0.4) is 0 Å². The topological polar surface area (TPSA) is 75.7 Å². The lowest BCUT2D eigenvalue weighted by Gasteiger charge is -2.25. The van der Waals surface area contributed by atoms with Gasteiger partial charge in [0.1, 0.15) is 9.96 Å². The molecule has 0 unspecified atom stereocenters. The first kappa shape index (κ1) is 19.9. The quantitative estimate of drug-likeness (QED) is 0.764. The van der Waals surface area contributed by atoms with Crippen LogP contribution in [0.4, 0.5) is 0 Å². The average Bonchev–Trinajstić information content (AvgIpc) is 3.18. The van der Waals surface area contributed by atoms with Gasteiger partial charge >= 0.3 is 0 Å². The van der Waals surface area contributed by atoms with Gasteiger partial charge in [-0.15, -0.1) is 11.3 Å². The molecule has 0 atom stereocenters. The smallest absolute Gasteiger partial charge is 0.252 e. The Balaban J connectivity index is 1.54. The molecule has 1 aromatic carbocycles. The molecule has 1 N–H and O–H groups in total. The Morgan fingerprint density at radius 1 is 1.11 bits per heavy atom. The molecule has 0 spiro atoms. The van der Waals surface area contributed by atoms with E-state index >= 15 is 0 Å². The maximum absolute atomic E-state index is 12.7. The highest BCUT2D eigenvalue weighted by Crippen LogP contribution is 2.27. The van der Waals surface area contributed by atoms with E-state index in [1.54, 1.807) is 23.5 Å². The Morgan fingerprint density at radius 2 is 1.81 bits per heavy atom. The van der Waals surface area contributed by atoms with Crippen molar-refractivity contribution in [2.45, 2.75) is 36.4 Å². The summed E-state index contributed by atoms with van der Waals surface area (Å²) in [6.45, 7) is 1.51. The van der Waals surface area contributed by atoms with Crippen molar-refractivity contribution >= 4 is 27.3 Å². The van der Waals surface area contributed by atoms with Crippen molar-refractivity contribution in [3.05, 3.63) is 46.8 Å². The average molecular weight is 409 g/mol. The first-order chi connectivity index (χ1) is 13.0. The summed E-state index contributed by atoms with van der Waals surface area (Å²) in [6, 6.07) is 10.8. The van der Waals surface area contributed by atoms with Gasteiger partial charge in [0.25, 0.3) is 10.0 Å². The van der Waals surface area contributed by atoms with Gasteiger partial charge in [0.15, 0.2) is 0 Å². The molecule has 0 bridgehead atoms. The van der Waals surface area contributed by atoms with Gasteiger partial charge in [-0.2, -0.15) is 4.31 Å². The predicted molar refractivity (Wildman–Crippen MR) is 105 cm³/mol. The lowest BCUT2D eigenvalue weighted by molar-refractivity contribution is -0.120. The number of piperidine rings is 1. The number of rotatable bonds is 7. The van der Waals surface area contributed by atoms with E-state index in [0.29, 0.717) is 23.8 Å². The molecule has 1 aliphatic rings. The number of sulfonamides is 1. The summed E-state index contributed by atoms with van der Waals surface area (Å²) < 4.78 is 32.4. The van der Waals surface area contributed by atoms with Crippen LogP contribution in [0, 0.1) is 0 Å². The van der Waals surface area contributed by atoms with E-state index in [4.69, 9.17) is 4.74 Å². The third-order valence-electron chi connectivity index (χ3n) is 4.53. The standard InChI is InChI=1S/C19H24N2O4S2/c1-25-16-7-5-15(6-8-16)13-18(22)20-14-17-9-10-19(26-17)27(23,24)21-11-3-2-4-12-21/h5-10H,2-4,11-14H2,1H3,(H,20,22). The zero-order valence-electron chi connectivity index (χ0n) is 15.3. The van der Waals surface area contributed by atoms with Gasteiger partial charge in [0, 0.05) is 18.0 Å². The molecule has 0 aliphatic carbocycles. The molecule has 3 rings (SSSR count). The maximum Gasteiger partial charge on any atom is 0.252 e. The van der Waals surface area contributed by atoms with Crippen LogP contribution in [0.25, 0.3) is 0 Å². The summed E-state index contributed by atoms with van der Waals surface area (Å²) in [7, 11) is -1.81. The van der Waals surface area contributed by atoms with Gasteiger partial charge in [-0.05, 0) is 42.7 Å². The molecule has 1 aliphatic heterocycles. The number of thiophene rings is 1. The van der Waals surface area contributed by atoms with E-state index in [1.165, 1.54) is 11.3 Å². The molecular weight excluding hydrogens is 384 g/mol. The molecule has 0 radical (unpaired) electrons. The van der Waals surface area contributed by atoms with Gasteiger partial charge < -0.3 is 10.1 Å². The minimum atomic E-state index is -3.41. The second kappa shape index (κ2) is 8.86. The third kappa shape index (κ3) is 5.09. The van der Waals surface area contributed by atoms with Crippen molar-refractivity contribution in [3.63, 3.8) is 0 Å². The van der Waals surface area contributed by atoms with Gasteiger partial charge in [0.05, 0.1) is 20.1 Å². The zero-order chi connectivity index (χ0) is 19.3. The van der Waals surface area contributed by atoms with Crippen molar-refractivity contribution in [3.8, 4) is 5.75 Å². The lowest BCUT2D eigenvalue weighted by Crippen LogP contribution is -2.35. The molecule has 8 heteroatoms. The second-order valence-electron chi connectivity index (χ2n) is 6.49. The summed E-state index contributed by atoms with van der Waals surface area (Å²) in [5, 5.41) is 2.85. The molecule has 27 heavy (non-hydrogen) atoms. The fraction of sp³-hybridized carbons (Fsp3) is 0.421. The van der Waals surface area contributed by atoms with E-state index in [1.807, 2.05) is 24.3 Å². The highest BCUT2D eigenvalue weighted by Gasteiger charge is 2.27. The van der Waals surface area contributed by atoms with Crippen LogP contribution >= 0.6 is 11.3 Å². The molecular formula is C19H24N2O4S2.